The van der Waals surface area contributed by atoms with Crippen LogP contribution < -0.4 is 5.32 Å². The molecular weight excluding hydrogens is 309 g/mol. The summed E-state index contributed by atoms with van der Waals surface area (Å²) in [5, 5.41) is 2.17. The van der Waals surface area contributed by atoms with Crippen molar-refractivity contribution >= 4 is 17.7 Å². The summed E-state index contributed by atoms with van der Waals surface area (Å²) >= 11 is 5.74. The van der Waals surface area contributed by atoms with Gasteiger partial charge in [-0.3, -0.25) is 0 Å². The molecule has 21 heavy (non-hydrogen) atoms. The predicted molar refractivity (Wildman–Crippen MR) is 72.0 cm³/mol. The fourth-order valence-corrected chi connectivity index (χ4v) is 1.81. The van der Waals surface area contributed by atoms with Gasteiger partial charge in [0, 0.05) is 5.56 Å². The summed E-state index contributed by atoms with van der Waals surface area (Å²) in [6.07, 6.45) is -5.25. The zero-order valence-electron chi connectivity index (χ0n) is 12.0. The van der Waals surface area contributed by atoms with E-state index in [0.717, 1.165) is 6.07 Å². The summed E-state index contributed by atoms with van der Waals surface area (Å²) in [6.45, 7) is 6.66. The number of amides is 1. The molecule has 0 aliphatic rings. The maximum absolute atomic E-state index is 12.5. The van der Waals surface area contributed by atoms with Crippen molar-refractivity contribution in [3.05, 3.63) is 28.5 Å². The van der Waals surface area contributed by atoms with Crippen molar-refractivity contribution in [1.82, 2.24) is 10.3 Å². The second-order valence-corrected chi connectivity index (χ2v) is 5.80. The van der Waals surface area contributed by atoms with Crippen LogP contribution in [0.2, 0.25) is 5.15 Å². The van der Waals surface area contributed by atoms with E-state index >= 15 is 0 Å². The van der Waals surface area contributed by atoms with Gasteiger partial charge in [0.25, 0.3) is 0 Å². The molecule has 0 saturated heterocycles. The van der Waals surface area contributed by atoms with Crippen molar-refractivity contribution < 1.29 is 22.7 Å². The number of carbonyl (C=O) groups excluding carboxylic acids is 1. The number of hydrogen-bond acceptors (Lipinski definition) is 3. The largest absolute Gasteiger partial charge is 0.444 e. The van der Waals surface area contributed by atoms with Crippen LogP contribution in [-0.4, -0.2) is 16.7 Å². The maximum Gasteiger partial charge on any atom is 0.433 e. The number of alkyl carbamates (subject to hydrolysis) is 1. The number of nitrogens with one attached hydrogen (secondary N) is 1. The monoisotopic (exact) mass is 324 g/mol. The molecule has 8 heteroatoms. The lowest BCUT2D eigenvalue weighted by molar-refractivity contribution is -0.141. The highest BCUT2D eigenvalue weighted by Gasteiger charge is 2.33. The van der Waals surface area contributed by atoms with Crippen LogP contribution in [0.15, 0.2) is 12.1 Å². The Kier molecular flexibility index (Phi) is 5.09. The van der Waals surface area contributed by atoms with Crippen molar-refractivity contribution in [2.75, 3.05) is 0 Å². The Morgan fingerprint density at radius 1 is 1.33 bits per heavy atom. The van der Waals surface area contributed by atoms with Gasteiger partial charge in [0.05, 0.1) is 6.04 Å². The van der Waals surface area contributed by atoms with E-state index in [2.05, 4.69) is 10.3 Å². The summed E-state index contributed by atoms with van der Waals surface area (Å²) in [7, 11) is 0. The molecule has 118 valence electrons. The van der Waals surface area contributed by atoms with Gasteiger partial charge in [-0.2, -0.15) is 13.2 Å². The van der Waals surface area contributed by atoms with Gasteiger partial charge >= 0.3 is 12.3 Å². The Hall–Kier alpha value is -1.50. The van der Waals surface area contributed by atoms with E-state index in [4.69, 9.17) is 16.3 Å². The Balaban J connectivity index is 2.84. The first-order valence-corrected chi connectivity index (χ1v) is 6.51. The molecule has 1 N–H and O–H groups in total. The third kappa shape index (κ3) is 5.41. The van der Waals surface area contributed by atoms with Crippen LogP contribution in [0.3, 0.4) is 0 Å². The second-order valence-electron chi connectivity index (χ2n) is 5.44. The SMILES string of the molecule is CC(NC(=O)OC(C)(C)C)c1ccc(C(F)(F)F)nc1Cl. The van der Waals surface area contributed by atoms with E-state index in [-0.39, 0.29) is 10.7 Å². The smallest absolute Gasteiger partial charge is 0.433 e. The first kappa shape index (κ1) is 17.6. The molecule has 1 atom stereocenters. The van der Waals surface area contributed by atoms with E-state index in [9.17, 15) is 18.0 Å². The lowest BCUT2D eigenvalue weighted by Crippen LogP contribution is -2.34. The number of carbonyl (C=O) groups is 1. The van der Waals surface area contributed by atoms with E-state index in [1.807, 2.05) is 0 Å². The van der Waals surface area contributed by atoms with Crippen molar-refractivity contribution in [3.63, 3.8) is 0 Å². The highest BCUT2D eigenvalue weighted by molar-refractivity contribution is 6.30. The highest BCUT2D eigenvalue weighted by atomic mass is 35.5. The number of ether oxygens (including phenoxy) is 1. The van der Waals surface area contributed by atoms with Crippen LogP contribution in [0, 0.1) is 0 Å². The van der Waals surface area contributed by atoms with Crippen LogP contribution in [-0.2, 0) is 10.9 Å². The molecule has 1 unspecified atom stereocenters. The van der Waals surface area contributed by atoms with Gasteiger partial charge in [0.15, 0.2) is 0 Å². The fraction of sp³-hybridized carbons (Fsp3) is 0.538. The molecule has 1 aromatic heterocycles. The fourth-order valence-electron chi connectivity index (χ4n) is 1.49. The number of alkyl halides is 3. The Labute approximate surface area is 125 Å². The normalized spacial score (nSPS) is 13.7. The quantitative estimate of drug-likeness (QED) is 0.823. The maximum atomic E-state index is 12.5. The van der Waals surface area contributed by atoms with Crippen LogP contribution >= 0.6 is 11.6 Å². The van der Waals surface area contributed by atoms with E-state index in [1.165, 1.54) is 6.07 Å². The van der Waals surface area contributed by atoms with E-state index in [0.29, 0.717) is 0 Å². The average Bonchev–Trinajstić information content (AvgIpc) is 2.24. The van der Waals surface area contributed by atoms with Crippen LogP contribution in [0.25, 0.3) is 0 Å². The zero-order chi connectivity index (χ0) is 16.4. The molecule has 0 fully saturated rings. The molecule has 0 saturated carbocycles. The van der Waals surface area contributed by atoms with Crippen molar-refractivity contribution in [3.8, 4) is 0 Å². The summed E-state index contributed by atoms with van der Waals surface area (Å²) in [6, 6.07) is 1.36. The van der Waals surface area contributed by atoms with E-state index in [1.54, 1.807) is 27.7 Å². The van der Waals surface area contributed by atoms with Crippen LogP contribution in [0.4, 0.5) is 18.0 Å². The van der Waals surface area contributed by atoms with Crippen LogP contribution in [0.1, 0.15) is 45.0 Å². The van der Waals surface area contributed by atoms with Gasteiger partial charge < -0.3 is 10.1 Å². The molecule has 1 rings (SSSR count). The third-order valence-electron chi connectivity index (χ3n) is 2.37. The van der Waals surface area contributed by atoms with Crippen molar-refractivity contribution in [1.29, 1.82) is 0 Å². The minimum absolute atomic E-state index is 0.274. The summed E-state index contributed by atoms with van der Waals surface area (Å²) in [5.41, 5.74) is -1.48. The van der Waals surface area contributed by atoms with Crippen LogP contribution in [0.5, 0.6) is 0 Å². The zero-order valence-corrected chi connectivity index (χ0v) is 12.8. The first-order valence-electron chi connectivity index (χ1n) is 6.13. The summed E-state index contributed by atoms with van der Waals surface area (Å²) in [4.78, 5) is 14.9. The summed E-state index contributed by atoms with van der Waals surface area (Å²) < 4.78 is 42.5. The first-order chi connectivity index (χ1) is 9.40. The average molecular weight is 325 g/mol. The standard InChI is InChI=1S/C13H16ClF3N2O2/c1-7(18-11(20)21-12(2,3)4)8-5-6-9(13(15,16)17)19-10(8)14/h5-7H,1-4H3,(H,18,20). The van der Waals surface area contributed by atoms with Gasteiger partial charge in [-0.05, 0) is 33.8 Å². The lowest BCUT2D eigenvalue weighted by Gasteiger charge is -2.22. The Bertz CT molecular complexity index is 527. The molecule has 0 spiro atoms. The van der Waals surface area contributed by atoms with E-state index < -0.39 is 29.6 Å². The minimum atomic E-state index is -4.57. The van der Waals surface area contributed by atoms with Gasteiger partial charge in [-0.25, -0.2) is 9.78 Å². The van der Waals surface area contributed by atoms with Gasteiger partial charge in [-0.1, -0.05) is 17.7 Å². The van der Waals surface area contributed by atoms with Gasteiger partial charge in [0.2, 0.25) is 0 Å². The van der Waals surface area contributed by atoms with Crippen molar-refractivity contribution in [2.24, 2.45) is 0 Å². The molecule has 0 radical (unpaired) electrons. The topological polar surface area (TPSA) is 51.2 Å². The number of hydrogen-bond donors (Lipinski definition) is 1. The number of pyridine rings is 1. The number of nitrogens with zero attached hydrogens (tertiary/aromatic N) is 1. The molecule has 0 aliphatic heterocycles. The summed E-state index contributed by atoms with van der Waals surface area (Å²) in [5.74, 6) is 0. The number of halogens is 4. The molecular formula is C13H16ClF3N2O2. The Morgan fingerprint density at radius 3 is 2.33 bits per heavy atom. The molecule has 4 nitrogen and oxygen atoms in total. The molecule has 0 aromatic carbocycles. The van der Waals surface area contributed by atoms with Crippen molar-refractivity contribution in [2.45, 2.75) is 45.5 Å². The second kappa shape index (κ2) is 6.09. The minimum Gasteiger partial charge on any atom is -0.444 e. The predicted octanol–water partition coefficient (Wildman–Crippen LogP) is 4.34. The Morgan fingerprint density at radius 2 is 1.90 bits per heavy atom. The highest BCUT2D eigenvalue weighted by Crippen LogP contribution is 2.31. The van der Waals surface area contributed by atoms with Gasteiger partial charge in [0.1, 0.15) is 16.4 Å². The number of aromatic nitrogens is 1. The molecule has 1 amide bonds. The number of rotatable bonds is 2. The molecule has 1 aromatic rings. The molecule has 0 aliphatic carbocycles. The molecule has 1 heterocycles. The lowest BCUT2D eigenvalue weighted by atomic mass is 10.1. The molecule has 0 bridgehead atoms. The van der Waals surface area contributed by atoms with Gasteiger partial charge in [-0.15, -0.1) is 0 Å². The third-order valence-corrected chi connectivity index (χ3v) is 2.67.